The number of ether oxygens (including phenoxy) is 1. The van der Waals surface area contributed by atoms with Crippen molar-refractivity contribution in [2.75, 3.05) is 0 Å². The van der Waals surface area contributed by atoms with Crippen molar-refractivity contribution in [2.45, 2.75) is 46.1 Å². The summed E-state index contributed by atoms with van der Waals surface area (Å²) in [5, 5.41) is 11.1. The molecule has 1 heterocycles. The van der Waals surface area contributed by atoms with Crippen molar-refractivity contribution in [3.8, 4) is 11.1 Å². The van der Waals surface area contributed by atoms with E-state index in [0.29, 0.717) is 21.9 Å². The molecule has 0 fully saturated rings. The van der Waals surface area contributed by atoms with E-state index in [0.717, 1.165) is 11.1 Å². The van der Waals surface area contributed by atoms with Gasteiger partial charge in [0.25, 0.3) is 5.56 Å². The highest BCUT2D eigenvalue weighted by molar-refractivity contribution is 5.99. The lowest BCUT2D eigenvalue weighted by Crippen LogP contribution is -2.33. The number of aryl methyl sites for hydroxylation is 1. The van der Waals surface area contributed by atoms with Crippen LogP contribution in [-0.4, -0.2) is 21.2 Å². The van der Waals surface area contributed by atoms with Gasteiger partial charge in [-0.05, 0) is 55.8 Å². The number of carboxylic acid groups (broad SMARTS) is 1. The lowest BCUT2D eigenvalue weighted by molar-refractivity contribution is -0.161. The Morgan fingerprint density at radius 1 is 1.17 bits per heavy atom. The van der Waals surface area contributed by atoms with E-state index in [2.05, 4.69) is 0 Å². The summed E-state index contributed by atoms with van der Waals surface area (Å²) < 4.78 is 20.4. The molecular formula is C24H26FNO4. The van der Waals surface area contributed by atoms with Crippen LogP contribution >= 0.6 is 0 Å². The lowest BCUT2D eigenvalue weighted by atomic mass is 9.91. The highest BCUT2D eigenvalue weighted by atomic mass is 19.1. The molecule has 0 aliphatic rings. The van der Waals surface area contributed by atoms with Crippen molar-refractivity contribution in [1.82, 2.24) is 4.57 Å². The molecule has 1 N–H and O–H groups in total. The minimum atomic E-state index is -1.36. The molecule has 30 heavy (non-hydrogen) atoms. The maximum atomic E-state index is 13.2. The quantitative estimate of drug-likeness (QED) is 0.647. The number of nitrogens with zero attached hydrogens (tertiary/aromatic N) is 1. The minimum absolute atomic E-state index is 0.261. The van der Waals surface area contributed by atoms with E-state index >= 15 is 0 Å². The second kappa shape index (κ2) is 8.03. The molecule has 5 nitrogen and oxygen atoms in total. The third-order valence-corrected chi connectivity index (χ3v) is 5.01. The van der Waals surface area contributed by atoms with Crippen molar-refractivity contribution >= 4 is 16.7 Å². The van der Waals surface area contributed by atoms with E-state index in [9.17, 15) is 19.1 Å². The summed E-state index contributed by atoms with van der Waals surface area (Å²) in [7, 11) is 1.56. The number of carbonyl (C=O) groups is 1. The van der Waals surface area contributed by atoms with Gasteiger partial charge in [0, 0.05) is 18.0 Å². The topological polar surface area (TPSA) is 68.5 Å². The fourth-order valence-electron chi connectivity index (χ4n) is 3.74. The molecule has 0 aliphatic carbocycles. The van der Waals surface area contributed by atoms with E-state index < -0.39 is 24.3 Å². The van der Waals surface area contributed by atoms with Gasteiger partial charge in [-0.1, -0.05) is 36.4 Å². The predicted octanol–water partition coefficient (Wildman–Crippen LogP) is 4.92. The first-order valence-electron chi connectivity index (χ1n) is 9.73. The number of pyridine rings is 1. The van der Waals surface area contributed by atoms with Crippen LogP contribution in [0.25, 0.3) is 21.9 Å². The van der Waals surface area contributed by atoms with Crippen molar-refractivity contribution in [1.29, 1.82) is 0 Å². The van der Waals surface area contributed by atoms with E-state index in [-0.39, 0.29) is 11.3 Å². The van der Waals surface area contributed by atoms with Gasteiger partial charge in [-0.25, -0.2) is 9.18 Å². The van der Waals surface area contributed by atoms with Crippen LogP contribution in [0.2, 0.25) is 0 Å². The molecule has 1 aromatic heterocycles. The Hall–Kier alpha value is -2.99. The van der Waals surface area contributed by atoms with E-state index in [1.807, 2.05) is 6.92 Å². The van der Waals surface area contributed by atoms with Crippen LogP contribution in [0.3, 0.4) is 0 Å². The molecule has 0 aliphatic heterocycles. The highest BCUT2D eigenvalue weighted by Gasteiger charge is 2.33. The monoisotopic (exact) mass is 411 g/mol. The largest absolute Gasteiger partial charge is 0.479 e. The molecule has 6 heteroatoms. The van der Waals surface area contributed by atoms with E-state index in [4.69, 9.17) is 4.74 Å². The van der Waals surface area contributed by atoms with Gasteiger partial charge in [0.15, 0.2) is 6.10 Å². The number of aromatic nitrogens is 1. The van der Waals surface area contributed by atoms with Crippen LogP contribution in [0.15, 0.2) is 47.3 Å². The van der Waals surface area contributed by atoms with Gasteiger partial charge >= 0.3 is 5.97 Å². The van der Waals surface area contributed by atoms with Gasteiger partial charge < -0.3 is 14.4 Å². The number of hydrogen-bond acceptors (Lipinski definition) is 3. The molecular weight excluding hydrogens is 385 g/mol. The number of rotatable bonds is 5. The summed E-state index contributed by atoms with van der Waals surface area (Å²) in [4.78, 5) is 25.3. The molecule has 1 unspecified atom stereocenters. The van der Waals surface area contributed by atoms with Gasteiger partial charge in [-0.2, -0.15) is 0 Å². The number of carboxylic acids is 1. The number of hydrogen-bond donors (Lipinski definition) is 1. The first-order chi connectivity index (χ1) is 14.0. The summed E-state index contributed by atoms with van der Waals surface area (Å²) in [6.45, 7) is 6.56. The molecule has 158 valence electrons. The minimum Gasteiger partial charge on any atom is -0.479 e. The van der Waals surface area contributed by atoms with Crippen molar-refractivity contribution in [3.63, 3.8) is 0 Å². The Morgan fingerprint density at radius 2 is 1.80 bits per heavy atom. The van der Waals surface area contributed by atoms with Crippen LogP contribution in [-0.2, 0) is 23.3 Å². The summed E-state index contributed by atoms with van der Waals surface area (Å²) in [5.74, 6) is -1.19. The van der Waals surface area contributed by atoms with Gasteiger partial charge in [0.2, 0.25) is 0 Å². The Morgan fingerprint density at radius 3 is 2.33 bits per heavy atom. The fraction of sp³-hybridized carbons (Fsp3) is 0.333. The van der Waals surface area contributed by atoms with Gasteiger partial charge in [0.1, 0.15) is 6.67 Å². The summed E-state index contributed by atoms with van der Waals surface area (Å²) in [6, 6.07) is 12.3. The summed E-state index contributed by atoms with van der Waals surface area (Å²) >= 11 is 0. The molecule has 0 radical (unpaired) electrons. The van der Waals surface area contributed by atoms with Crippen LogP contribution in [0.1, 0.15) is 43.7 Å². The van der Waals surface area contributed by atoms with E-state index in [1.54, 1.807) is 70.3 Å². The zero-order valence-corrected chi connectivity index (χ0v) is 17.8. The maximum absolute atomic E-state index is 13.2. The van der Waals surface area contributed by atoms with Crippen molar-refractivity contribution in [3.05, 3.63) is 69.6 Å². The Bertz CT molecular complexity index is 1170. The number of alkyl halides is 1. The average Bonchev–Trinajstić information content (AvgIpc) is 2.68. The third-order valence-electron chi connectivity index (χ3n) is 5.01. The number of aliphatic carboxylic acids is 1. The second-order valence-corrected chi connectivity index (χ2v) is 8.40. The second-order valence-electron chi connectivity index (χ2n) is 8.40. The number of benzene rings is 2. The van der Waals surface area contributed by atoms with Crippen LogP contribution in [0.4, 0.5) is 4.39 Å². The van der Waals surface area contributed by atoms with Crippen LogP contribution in [0.5, 0.6) is 0 Å². The third kappa shape index (κ3) is 4.00. The van der Waals surface area contributed by atoms with Gasteiger partial charge in [0.05, 0.1) is 11.3 Å². The molecule has 3 rings (SSSR count). The Labute approximate surface area is 174 Å². The molecule has 0 saturated carbocycles. The first kappa shape index (κ1) is 21.7. The predicted molar refractivity (Wildman–Crippen MR) is 115 cm³/mol. The van der Waals surface area contributed by atoms with Gasteiger partial charge in [-0.15, -0.1) is 0 Å². The highest BCUT2D eigenvalue weighted by Crippen LogP contribution is 2.38. The molecule has 0 bridgehead atoms. The molecule has 2 aromatic carbocycles. The number of fused-ring (bicyclic) bond motifs is 1. The van der Waals surface area contributed by atoms with E-state index in [1.165, 1.54) is 4.57 Å². The Kier molecular flexibility index (Phi) is 5.81. The zero-order valence-electron chi connectivity index (χ0n) is 17.8. The van der Waals surface area contributed by atoms with Gasteiger partial charge in [-0.3, -0.25) is 4.79 Å². The fourth-order valence-corrected chi connectivity index (χ4v) is 3.74. The first-order valence-corrected chi connectivity index (χ1v) is 9.73. The van der Waals surface area contributed by atoms with Crippen LogP contribution in [0, 0.1) is 6.92 Å². The molecule has 0 amide bonds. The summed E-state index contributed by atoms with van der Waals surface area (Å²) in [6.07, 6.45) is -1.36. The van der Waals surface area contributed by atoms with Crippen molar-refractivity contribution in [2.24, 2.45) is 7.05 Å². The zero-order chi connectivity index (χ0) is 22.2. The molecule has 0 saturated heterocycles. The molecule has 1 atom stereocenters. The summed E-state index contributed by atoms with van der Waals surface area (Å²) in [5.41, 5.74) is 1.87. The normalized spacial score (nSPS) is 12.9. The smallest absolute Gasteiger partial charge is 0.339 e. The Balaban J connectivity index is 2.48. The SMILES string of the molecule is Cc1cc(CF)ccc1-c1c(C(OC(C)(C)C)C(=O)O)n(C)c(=O)c2ccccc12. The van der Waals surface area contributed by atoms with Crippen molar-refractivity contribution < 1.29 is 19.0 Å². The lowest BCUT2D eigenvalue weighted by Gasteiger charge is -2.29. The number of halogens is 1. The van der Waals surface area contributed by atoms with Crippen LogP contribution < -0.4 is 5.56 Å². The average molecular weight is 411 g/mol. The standard InChI is InChI=1S/C24H26FNO4/c1-14-12-15(13-25)10-11-16(14)19-17-8-6-7-9-18(17)22(27)26(5)20(19)21(23(28)29)30-24(2,3)4/h6-12,21H,13H2,1-5H3,(H,28,29). The molecule has 3 aromatic rings. The molecule has 0 spiro atoms. The maximum Gasteiger partial charge on any atom is 0.339 e.